The van der Waals surface area contributed by atoms with Crippen LogP contribution in [-0.4, -0.2) is 29.5 Å². The number of hydrogen-bond acceptors (Lipinski definition) is 5. The Morgan fingerprint density at radius 3 is 2.37 bits per heavy atom. The molecule has 0 radical (unpaired) electrons. The highest BCUT2D eigenvalue weighted by molar-refractivity contribution is 6.32. The van der Waals surface area contributed by atoms with Gasteiger partial charge in [0.15, 0.2) is 6.61 Å². The van der Waals surface area contributed by atoms with E-state index in [-0.39, 0.29) is 10.7 Å². The molecule has 1 aromatic carbocycles. The summed E-state index contributed by atoms with van der Waals surface area (Å²) in [4.78, 5) is 39.8. The quantitative estimate of drug-likeness (QED) is 0.616. The smallest absolute Gasteiger partial charge is 0.342 e. The van der Waals surface area contributed by atoms with Crippen molar-refractivity contribution in [1.82, 2.24) is 10.3 Å². The van der Waals surface area contributed by atoms with Crippen LogP contribution in [0.2, 0.25) is 5.15 Å². The van der Waals surface area contributed by atoms with Gasteiger partial charge in [-0.2, -0.15) is 0 Å². The van der Waals surface area contributed by atoms with Crippen molar-refractivity contribution in [2.75, 3.05) is 11.9 Å². The molecule has 0 aliphatic carbocycles. The number of esters is 1. The monoisotopic (exact) mass is 389 g/mol. The fourth-order valence-corrected chi connectivity index (χ4v) is 2.74. The fourth-order valence-electron chi connectivity index (χ4n) is 2.38. The van der Waals surface area contributed by atoms with Crippen LogP contribution in [0.4, 0.5) is 10.5 Å². The minimum Gasteiger partial charge on any atom is -0.452 e. The Balaban J connectivity index is 1.89. The highest BCUT2D eigenvalue weighted by atomic mass is 35.5. The van der Waals surface area contributed by atoms with Gasteiger partial charge in [-0.3, -0.25) is 10.1 Å². The van der Waals surface area contributed by atoms with E-state index in [1.54, 1.807) is 32.0 Å². The number of imide groups is 1. The van der Waals surface area contributed by atoms with Crippen molar-refractivity contribution >= 4 is 35.2 Å². The number of aryl methyl sites for hydroxylation is 4. The molecule has 0 saturated carbocycles. The van der Waals surface area contributed by atoms with Crippen LogP contribution >= 0.6 is 11.6 Å². The summed E-state index contributed by atoms with van der Waals surface area (Å²) in [5.74, 6) is -1.55. The van der Waals surface area contributed by atoms with Crippen LogP contribution in [0, 0.1) is 27.7 Å². The van der Waals surface area contributed by atoms with Crippen molar-refractivity contribution in [2.24, 2.45) is 0 Å². The minimum absolute atomic E-state index is 0.00499. The van der Waals surface area contributed by atoms with Crippen molar-refractivity contribution in [3.63, 3.8) is 0 Å². The summed E-state index contributed by atoms with van der Waals surface area (Å²) in [6.07, 6.45) is 0. The number of nitrogens with one attached hydrogen (secondary N) is 2. The molecule has 2 N–H and O–H groups in total. The maximum atomic E-state index is 12.1. The molecular weight excluding hydrogens is 370 g/mol. The zero-order valence-electron chi connectivity index (χ0n) is 15.5. The summed E-state index contributed by atoms with van der Waals surface area (Å²) >= 11 is 5.97. The molecule has 1 aromatic heterocycles. The van der Waals surface area contributed by atoms with Gasteiger partial charge in [0, 0.05) is 11.4 Å². The number of nitrogens with zero attached hydrogens (tertiary/aromatic N) is 1. The molecule has 0 bridgehead atoms. The van der Waals surface area contributed by atoms with Crippen molar-refractivity contribution < 1.29 is 19.1 Å². The molecular formula is C19H20ClN3O4. The SMILES string of the molecule is Cc1cc(C)c(C(=O)OCC(=O)NC(=O)Nc2ccc(C)c(C)c2)c(Cl)n1. The first-order valence-corrected chi connectivity index (χ1v) is 8.54. The molecule has 0 fully saturated rings. The van der Waals surface area contributed by atoms with Crippen LogP contribution in [0.15, 0.2) is 24.3 Å². The van der Waals surface area contributed by atoms with Gasteiger partial charge in [-0.25, -0.2) is 14.6 Å². The summed E-state index contributed by atoms with van der Waals surface area (Å²) in [5, 5.41) is 4.64. The number of benzene rings is 1. The molecule has 0 saturated heterocycles. The van der Waals surface area contributed by atoms with Crippen LogP contribution in [0.5, 0.6) is 0 Å². The van der Waals surface area contributed by atoms with E-state index in [0.29, 0.717) is 16.9 Å². The Morgan fingerprint density at radius 2 is 1.74 bits per heavy atom. The van der Waals surface area contributed by atoms with Crippen molar-refractivity contribution in [1.29, 1.82) is 0 Å². The number of amides is 3. The predicted octanol–water partition coefficient (Wildman–Crippen LogP) is 3.47. The standard InChI is InChI=1S/C19H20ClN3O4/c1-10-5-6-14(8-11(10)2)22-19(26)23-15(24)9-27-18(25)16-12(3)7-13(4)21-17(16)20/h5-8H,9H2,1-4H3,(H2,22,23,24,26). The van der Waals surface area contributed by atoms with E-state index in [1.807, 2.05) is 19.9 Å². The zero-order valence-corrected chi connectivity index (χ0v) is 16.2. The van der Waals surface area contributed by atoms with Gasteiger partial charge in [0.05, 0.1) is 5.56 Å². The largest absolute Gasteiger partial charge is 0.452 e. The van der Waals surface area contributed by atoms with Crippen LogP contribution in [-0.2, 0) is 9.53 Å². The normalized spacial score (nSPS) is 10.3. The Bertz CT molecular complexity index is 889. The molecule has 2 aromatic rings. The summed E-state index contributed by atoms with van der Waals surface area (Å²) in [7, 11) is 0. The van der Waals surface area contributed by atoms with Gasteiger partial charge >= 0.3 is 12.0 Å². The number of aromatic nitrogens is 1. The zero-order chi connectivity index (χ0) is 20.1. The maximum absolute atomic E-state index is 12.1. The molecule has 27 heavy (non-hydrogen) atoms. The first kappa shape index (κ1) is 20.4. The van der Waals surface area contributed by atoms with Crippen molar-refractivity contribution in [3.05, 3.63) is 57.4 Å². The van der Waals surface area contributed by atoms with Gasteiger partial charge in [0.1, 0.15) is 5.15 Å². The second-order valence-electron chi connectivity index (χ2n) is 6.12. The molecule has 8 heteroatoms. The van der Waals surface area contributed by atoms with Gasteiger partial charge in [0.25, 0.3) is 5.91 Å². The Labute approximate surface area is 162 Å². The third kappa shape index (κ3) is 5.52. The van der Waals surface area contributed by atoms with Gasteiger partial charge in [-0.05, 0) is 62.6 Å². The molecule has 7 nitrogen and oxygen atoms in total. The Hall–Kier alpha value is -2.93. The third-order valence-corrected chi connectivity index (χ3v) is 4.13. The first-order valence-electron chi connectivity index (χ1n) is 8.16. The number of ether oxygens (including phenoxy) is 1. The number of halogens is 1. The van der Waals surface area contributed by atoms with E-state index in [1.165, 1.54) is 0 Å². The van der Waals surface area contributed by atoms with Gasteiger partial charge in [-0.15, -0.1) is 0 Å². The molecule has 0 unspecified atom stereocenters. The average Bonchev–Trinajstić information content (AvgIpc) is 2.55. The third-order valence-electron chi connectivity index (χ3n) is 3.86. The molecule has 1 heterocycles. The van der Waals surface area contributed by atoms with E-state index in [2.05, 4.69) is 15.6 Å². The summed E-state index contributed by atoms with van der Waals surface area (Å²) in [5.41, 5.74) is 3.99. The number of carbonyl (C=O) groups excluding carboxylic acids is 3. The van der Waals surface area contributed by atoms with Crippen LogP contribution in [0.1, 0.15) is 32.7 Å². The summed E-state index contributed by atoms with van der Waals surface area (Å²) in [6, 6.07) is 6.33. The van der Waals surface area contributed by atoms with Gasteiger partial charge in [-0.1, -0.05) is 17.7 Å². The molecule has 2 rings (SSSR count). The average molecular weight is 390 g/mol. The van der Waals surface area contributed by atoms with Gasteiger partial charge < -0.3 is 10.1 Å². The number of carbonyl (C=O) groups is 3. The number of anilines is 1. The van der Waals surface area contributed by atoms with Crippen LogP contribution in [0.3, 0.4) is 0 Å². The second-order valence-corrected chi connectivity index (χ2v) is 6.48. The lowest BCUT2D eigenvalue weighted by Gasteiger charge is -2.10. The Morgan fingerprint density at radius 1 is 1.04 bits per heavy atom. The molecule has 142 valence electrons. The number of rotatable bonds is 4. The lowest BCUT2D eigenvalue weighted by Crippen LogP contribution is -2.37. The molecule has 0 aliphatic heterocycles. The number of hydrogen-bond donors (Lipinski definition) is 2. The minimum atomic E-state index is -0.783. The maximum Gasteiger partial charge on any atom is 0.342 e. The van der Waals surface area contributed by atoms with E-state index >= 15 is 0 Å². The highest BCUT2D eigenvalue weighted by Crippen LogP contribution is 2.19. The van der Waals surface area contributed by atoms with Gasteiger partial charge in [0.2, 0.25) is 0 Å². The summed E-state index contributed by atoms with van der Waals surface area (Å²) < 4.78 is 4.92. The highest BCUT2D eigenvalue weighted by Gasteiger charge is 2.18. The number of urea groups is 1. The van der Waals surface area contributed by atoms with Crippen molar-refractivity contribution in [2.45, 2.75) is 27.7 Å². The van der Waals surface area contributed by atoms with E-state index < -0.39 is 24.5 Å². The predicted molar refractivity (Wildman–Crippen MR) is 102 cm³/mol. The van der Waals surface area contributed by atoms with Crippen molar-refractivity contribution in [3.8, 4) is 0 Å². The molecule has 0 atom stereocenters. The molecule has 0 spiro atoms. The number of pyridine rings is 1. The Kier molecular flexibility index (Phi) is 6.52. The summed E-state index contributed by atoms with van der Waals surface area (Å²) in [6.45, 7) is 6.68. The first-order chi connectivity index (χ1) is 12.7. The fraction of sp³-hybridized carbons (Fsp3) is 0.263. The lowest BCUT2D eigenvalue weighted by molar-refractivity contribution is -0.123. The van der Waals surface area contributed by atoms with E-state index in [4.69, 9.17) is 16.3 Å². The molecule has 0 aliphatic rings. The van der Waals surface area contributed by atoms with Crippen LogP contribution in [0.25, 0.3) is 0 Å². The molecule has 3 amide bonds. The second kappa shape index (κ2) is 8.64. The van der Waals surface area contributed by atoms with E-state index in [0.717, 1.165) is 11.1 Å². The topological polar surface area (TPSA) is 97.4 Å². The van der Waals surface area contributed by atoms with Crippen LogP contribution < -0.4 is 10.6 Å². The lowest BCUT2D eigenvalue weighted by atomic mass is 10.1. The van der Waals surface area contributed by atoms with E-state index in [9.17, 15) is 14.4 Å².